The first-order chi connectivity index (χ1) is 11.5. The highest BCUT2D eigenvalue weighted by Gasteiger charge is 2.39. The fraction of sp³-hybridized carbons (Fsp3) is 0.647. The van der Waals surface area contributed by atoms with Crippen molar-refractivity contribution in [3.63, 3.8) is 0 Å². The van der Waals surface area contributed by atoms with Crippen LogP contribution in [0.3, 0.4) is 0 Å². The fourth-order valence-electron chi connectivity index (χ4n) is 3.47. The summed E-state index contributed by atoms with van der Waals surface area (Å²) in [5.74, 6) is 0.124. The number of hydrogen-bond donors (Lipinski definition) is 1. The largest absolute Gasteiger partial charge is 0.347 e. The van der Waals surface area contributed by atoms with E-state index in [1.165, 1.54) is 0 Å². The van der Waals surface area contributed by atoms with E-state index in [1.54, 1.807) is 13.0 Å². The van der Waals surface area contributed by atoms with Crippen LogP contribution in [0.4, 0.5) is 0 Å². The Kier molecular flexibility index (Phi) is 4.80. The molecule has 2 saturated heterocycles. The molecule has 0 bridgehead atoms. The minimum absolute atomic E-state index is 0.0153. The van der Waals surface area contributed by atoms with Gasteiger partial charge in [0.15, 0.2) is 0 Å². The quantitative estimate of drug-likeness (QED) is 0.870. The van der Waals surface area contributed by atoms with Crippen LogP contribution in [0.2, 0.25) is 0 Å². The predicted octanol–water partition coefficient (Wildman–Crippen LogP) is 0.518. The van der Waals surface area contributed by atoms with Crippen LogP contribution >= 0.6 is 0 Å². The van der Waals surface area contributed by atoms with Gasteiger partial charge in [-0.25, -0.2) is 0 Å². The van der Waals surface area contributed by atoms with E-state index in [9.17, 15) is 9.59 Å². The Balaban J connectivity index is 1.54. The summed E-state index contributed by atoms with van der Waals surface area (Å²) in [4.78, 5) is 28.9. The van der Waals surface area contributed by atoms with Gasteiger partial charge in [0.1, 0.15) is 0 Å². The summed E-state index contributed by atoms with van der Waals surface area (Å²) in [5, 5.41) is 11.0. The second-order valence-corrected chi connectivity index (χ2v) is 6.69. The van der Waals surface area contributed by atoms with Gasteiger partial charge in [-0.1, -0.05) is 0 Å². The summed E-state index contributed by atoms with van der Waals surface area (Å²) in [6.45, 7) is 8.74. The molecule has 7 heteroatoms. The molecule has 0 aromatic carbocycles. The van der Waals surface area contributed by atoms with E-state index in [2.05, 4.69) is 20.4 Å². The lowest BCUT2D eigenvalue weighted by atomic mass is 9.97. The van der Waals surface area contributed by atoms with E-state index >= 15 is 0 Å². The molecule has 130 valence electrons. The van der Waals surface area contributed by atoms with Crippen molar-refractivity contribution in [2.45, 2.75) is 45.7 Å². The van der Waals surface area contributed by atoms with E-state index < -0.39 is 0 Å². The summed E-state index contributed by atoms with van der Waals surface area (Å²) < 4.78 is 0. The number of rotatable bonds is 4. The molecule has 24 heavy (non-hydrogen) atoms. The Hall–Kier alpha value is -2.02. The highest BCUT2D eigenvalue weighted by atomic mass is 16.2. The molecule has 3 heterocycles. The maximum atomic E-state index is 12.4. The Bertz CT molecular complexity index is 642. The highest BCUT2D eigenvalue weighted by Crippen LogP contribution is 2.22. The zero-order chi connectivity index (χ0) is 17.3. The first kappa shape index (κ1) is 16.8. The third-order valence-electron chi connectivity index (χ3n) is 4.92. The Labute approximate surface area is 142 Å². The van der Waals surface area contributed by atoms with Crippen molar-refractivity contribution in [2.24, 2.45) is 0 Å². The van der Waals surface area contributed by atoms with Crippen molar-refractivity contribution < 1.29 is 9.59 Å². The van der Waals surface area contributed by atoms with Crippen LogP contribution in [0.5, 0.6) is 0 Å². The van der Waals surface area contributed by atoms with E-state index in [0.29, 0.717) is 11.3 Å². The molecule has 1 atom stereocenters. The van der Waals surface area contributed by atoms with Crippen molar-refractivity contribution in [2.75, 3.05) is 26.2 Å². The number of piperidine rings is 1. The topological polar surface area (TPSA) is 78.4 Å². The van der Waals surface area contributed by atoms with Crippen LogP contribution in [-0.2, 0) is 4.79 Å². The van der Waals surface area contributed by atoms with Crippen molar-refractivity contribution >= 4 is 11.8 Å². The second-order valence-electron chi connectivity index (χ2n) is 6.69. The van der Waals surface area contributed by atoms with E-state index in [-0.39, 0.29) is 23.9 Å². The molecule has 2 amide bonds. The van der Waals surface area contributed by atoms with E-state index in [4.69, 9.17) is 0 Å². The van der Waals surface area contributed by atoms with Crippen LogP contribution in [0.1, 0.15) is 41.5 Å². The molecule has 0 aliphatic carbocycles. The lowest BCUT2D eigenvalue weighted by molar-refractivity contribution is -0.142. The van der Waals surface area contributed by atoms with E-state index in [1.807, 2.05) is 18.7 Å². The van der Waals surface area contributed by atoms with Gasteiger partial charge in [0.25, 0.3) is 5.91 Å². The number of aryl methyl sites for hydroxylation is 2. The highest BCUT2D eigenvalue weighted by molar-refractivity contribution is 5.95. The van der Waals surface area contributed by atoms with Crippen LogP contribution in [0.25, 0.3) is 0 Å². The molecule has 2 fully saturated rings. The molecule has 1 aromatic rings. The molecule has 1 unspecified atom stereocenters. The SMILES string of the molecule is CCN1CCCC(N2CC(NC(=O)c3cc(C)nnc3C)C2)C1=O. The van der Waals surface area contributed by atoms with Crippen molar-refractivity contribution in [1.29, 1.82) is 0 Å². The lowest BCUT2D eigenvalue weighted by Gasteiger charge is -2.46. The zero-order valence-electron chi connectivity index (χ0n) is 14.6. The molecule has 1 aromatic heterocycles. The molecule has 1 N–H and O–H groups in total. The maximum Gasteiger partial charge on any atom is 0.253 e. The number of aromatic nitrogens is 2. The average Bonchev–Trinajstić information content (AvgIpc) is 2.53. The number of nitrogens with one attached hydrogen (secondary N) is 1. The monoisotopic (exact) mass is 331 g/mol. The summed E-state index contributed by atoms with van der Waals surface area (Å²) in [6.07, 6.45) is 1.97. The number of hydrogen-bond acceptors (Lipinski definition) is 5. The molecule has 2 aliphatic rings. The lowest BCUT2D eigenvalue weighted by Crippen LogP contribution is -2.66. The van der Waals surface area contributed by atoms with Gasteiger partial charge in [0.2, 0.25) is 5.91 Å². The standard InChI is InChI=1S/C17H25N5O2/c1-4-21-7-5-6-15(17(21)24)22-9-13(10-22)18-16(23)14-8-11(2)19-20-12(14)3/h8,13,15H,4-7,9-10H2,1-3H3,(H,18,23). The number of likely N-dealkylation sites (tertiary alicyclic amines) is 2. The minimum atomic E-state index is -0.111. The molecule has 7 nitrogen and oxygen atoms in total. The number of carbonyl (C=O) groups excluding carboxylic acids is 2. The second kappa shape index (κ2) is 6.84. The maximum absolute atomic E-state index is 12.4. The van der Waals surface area contributed by atoms with Gasteiger partial charge in [0.05, 0.1) is 29.0 Å². The van der Waals surface area contributed by atoms with Gasteiger partial charge in [0, 0.05) is 26.2 Å². The number of carbonyl (C=O) groups is 2. The van der Waals surface area contributed by atoms with Crippen molar-refractivity contribution in [3.8, 4) is 0 Å². The first-order valence-electron chi connectivity index (χ1n) is 8.64. The fourth-order valence-corrected chi connectivity index (χ4v) is 3.47. The van der Waals surface area contributed by atoms with Crippen LogP contribution in [0, 0.1) is 13.8 Å². The van der Waals surface area contributed by atoms with Gasteiger partial charge in [-0.3, -0.25) is 14.5 Å². The smallest absolute Gasteiger partial charge is 0.253 e. The molecular formula is C17H25N5O2. The van der Waals surface area contributed by atoms with Gasteiger partial charge < -0.3 is 10.2 Å². The van der Waals surface area contributed by atoms with Gasteiger partial charge in [-0.2, -0.15) is 10.2 Å². The van der Waals surface area contributed by atoms with E-state index in [0.717, 1.165) is 44.7 Å². The average molecular weight is 331 g/mol. The number of nitrogens with zero attached hydrogens (tertiary/aromatic N) is 4. The normalized spacial score (nSPS) is 22.4. The van der Waals surface area contributed by atoms with Crippen molar-refractivity contribution in [1.82, 2.24) is 25.3 Å². The summed E-state index contributed by atoms with van der Waals surface area (Å²) >= 11 is 0. The third-order valence-corrected chi connectivity index (χ3v) is 4.92. The molecule has 0 radical (unpaired) electrons. The molecular weight excluding hydrogens is 306 g/mol. The molecule has 3 rings (SSSR count). The third kappa shape index (κ3) is 3.26. The molecule has 0 saturated carbocycles. The van der Waals surface area contributed by atoms with Gasteiger partial charge >= 0.3 is 0 Å². The Morgan fingerprint density at radius 2 is 2.08 bits per heavy atom. The zero-order valence-corrected chi connectivity index (χ0v) is 14.6. The predicted molar refractivity (Wildman–Crippen MR) is 89.6 cm³/mol. The Morgan fingerprint density at radius 3 is 2.79 bits per heavy atom. The summed E-state index contributed by atoms with van der Waals surface area (Å²) in [5.41, 5.74) is 1.94. The first-order valence-corrected chi connectivity index (χ1v) is 8.64. The number of amides is 2. The number of likely N-dealkylation sites (N-methyl/N-ethyl adjacent to an activating group) is 1. The minimum Gasteiger partial charge on any atom is -0.347 e. The summed E-state index contributed by atoms with van der Waals surface area (Å²) in [6, 6.07) is 1.84. The summed E-state index contributed by atoms with van der Waals surface area (Å²) in [7, 11) is 0. The van der Waals surface area contributed by atoms with Crippen LogP contribution in [-0.4, -0.2) is 70.1 Å². The molecule has 0 spiro atoms. The van der Waals surface area contributed by atoms with Crippen LogP contribution in [0.15, 0.2) is 6.07 Å². The van der Waals surface area contributed by atoms with Crippen LogP contribution < -0.4 is 5.32 Å². The molecule has 2 aliphatic heterocycles. The van der Waals surface area contributed by atoms with Gasteiger partial charge in [-0.05, 0) is 39.7 Å². The van der Waals surface area contributed by atoms with Crippen molar-refractivity contribution in [3.05, 3.63) is 23.0 Å². The van der Waals surface area contributed by atoms with Gasteiger partial charge in [-0.15, -0.1) is 0 Å². The Morgan fingerprint density at radius 1 is 1.33 bits per heavy atom.